The molecule has 0 fully saturated rings. The quantitative estimate of drug-likeness (QED) is 0.754. The van der Waals surface area contributed by atoms with E-state index in [9.17, 15) is 8.42 Å². The number of rotatable bonds is 8. The average Bonchev–Trinajstić information content (AvgIpc) is 2.58. The van der Waals surface area contributed by atoms with Gasteiger partial charge in [-0.2, -0.15) is 0 Å². The predicted molar refractivity (Wildman–Crippen MR) is 90.9 cm³/mol. The van der Waals surface area contributed by atoms with Crippen molar-refractivity contribution >= 4 is 16.1 Å². The highest BCUT2D eigenvalue weighted by Gasteiger charge is 2.06. The lowest BCUT2D eigenvalue weighted by atomic mass is 10.2. The van der Waals surface area contributed by atoms with Gasteiger partial charge in [0, 0.05) is 12.0 Å². The zero-order chi connectivity index (χ0) is 16.5. The van der Waals surface area contributed by atoms with Gasteiger partial charge in [-0.25, -0.2) is 13.1 Å². The van der Waals surface area contributed by atoms with E-state index in [-0.39, 0.29) is 13.2 Å². The molecular formula is C17H19NO4S. The molecule has 0 saturated heterocycles. The molecule has 2 rings (SSSR count). The summed E-state index contributed by atoms with van der Waals surface area (Å²) in [5, 5.41) is 1.14. The van der Waals surface area contributed by atoms with E-state index in [4.69, 9.17) is 9.47 Å². The second-order valence-electron chi connectivity index (χ2n) is 4.65. The summed E-state index contributed by atoms with van der Waals surface area (Å²) in [7, 11) is -1.94. The molecule has 1 N–H and O–H groups in total. The van der Waals surface area contributed by atoms with Crippen LogP contribution in [0.3, 0.4) is 0 Å². The van der Waals surface area contributed by atoms with E-state index in [1.165, 1.54) is 0 Å². The molecule has 0 atom stereocenters. The van der Waals surface area contributed by atoms with Crippen molar-refractivity contribution < 1.29 is 17.9 Å². The van der Waals surface area contributed by atoms with Gasteiger partial charge in [0.15, 0.2) is 11.5 Å². The van der Waals surface area contributed by atoms with Crippen LogP contribution < -0.4 is 14.2 Å². The summed E-state index contributed by atoms with van der Waals surface area (Å²) in [5.74, 6) is 1.19. The van der Waals surface area contributed by atoms with Crippen LogP contribution >= 0.6 is 0 Å². The maximum atomic E-state index is 11.9. The van der Waals surface area contributed by atoms with Crippen LogP contribution in [0.4, 0.5) is 0 Å². The lowest BCUT2D eigenvalue weighted by Gasteiger charge is -2.10. The third-order valence-corrected chi connectivity index (χ3v) is 4.07. The predicted octanol–water partition coefficient (Wildman–Crippen LogP) is 2.66. The van der Waals surface area contributed by atoms with E-state index in [1.807, 2.05) is 42.5 Å². The molecule has 0 aliphatic carbocycles. The van der Waals surface area contributed by atoms with Crippen molar-refractivity contribution in [1.82, 2.24) is 4.72 Å². The molecule has 0 aromatic heterocycles. The van der Waals surface area contributed by atoms with Crippen molar-refractivity contribution in [2.24, 2.45) is 0 Å². The standard InChI is InChI=1S/C17H19NO4S/c1-21-16-9-5-6-10-17(16)22-13-12-18-23(19,20)14-11-15-7-3-2-4-8-15/h2-11,14,18H,12-13H2,1H3/b14-11+. The Labute approximate surface area is 136 Å². The largest absolute Gasteiger partial charge is 0.493 e. The van der Waals surface area contributed by atoms with Crippen LogP contribution in [0.15, 0.2) is 60.0 Å². The van der Waals surface area contributed by atoms with Crippen molar-refractivity contribution in [3.05, 3.63) is 65.6 Å². The Bertz CT molecular complexity index is 742. The molecule has 0 amide bonds. The van der Waals surface area contributed by atoms with Crippen LogP contribution in [0.2, 0.25) is 0 Å². The van der Waals surface area contributed by atoms with E-state index in [0.717, 1.165) is 11.0 Å². The maximum absolute atomic E-state index is 11.9. The summed E-state index contributed by atoms with van der Waals surface area (Å²) in [4.78, 5) is 0. The summed E-state index contributed by atoms with van der Waals surface area (Å²) in [6.45, 7) is 0.373. The third-order valence-electron chi connectivity index (χ3n) is 2.97. The molecule has 0 saturated carbocycles. The van der Waals surface area contributed by atoms with Gasteiger partial charge in [0.05, 0.1) is 7.11 Å². The average molecular weight is 333 g/mol. The van der Waals surface area contributed by atoms with Crippen molar-refractivity contribution in [3.8, 4) is 11.5 Å². The Morgan fingerprint density at radius 1 is 1.00 bits per heavy atom. The molecule has 5 nitrogen and oxygen atoms in total. The molecule has 23 heavy (non-hydrogen) atoms. The Kier molecular flexibility index (Phi) is 6.19. The fourth-order valence-corrected chi connectivity index (χ4v) is 2.66. The van der Waals surface area contributed by atoms with Gasteiger partial charge in [-0.3, -0.25) is 0 Å². The molecule has 0 aliphatic heterocycles. The molecular weight excluding hydrogens is 314 g/mol. The van der Waals surface area contributed by atoms with E-state index >= 15 is 0 Å². The van der Waals surface area contributed by atoms with Gasteiger partial charge >= 0.3 is 0 Å². The molecule has 0 spiro atoms. The molecule has 6 heteroatoms. The first-order chi connectivity index (χ1) is 11.1. The SMILES string of the molecule is COc1ccccc1OCCNS(=O)(=O)/C=C/c1ccccc1. The highest BCUT2D eigenvalue weighted by molar-refractivity contribution is 7.92. The Hall–Kier alpha value is -2.31. The minimum atomic E-state index is -3.49. The minimum absolute atomic E-state index is 0.166. The Morgan fingerprint density at radius 2 is 1.65 bits per heavy atom. The summed E-state index contributed by atoms with van der Waals surface area (Å²) in [6.07, 6.45) is 1.55. The van der Waals surface area contributed by atoms with Crippen molar-refractivity contribution in [1.29, 1.82) is 0 Å². The van der Waals surface area contributed by atoms with Crippen LogP contribution in [0.5, 0.6) is 11.5 Å². The van der Waals surface area contributed by atoms with Gasteiger partial charge in [0.1, 0.15) is 6.61 Å². The van der Waals surface area contributed by atoms with E-state index in [0.29, 0.717) is 11.5 Å². The lowest BCUT2D eigenvalue weighted by molar-refractivity contribution is 0.299. The first kappa shape index (κ1) is 17.1. The van der Waals surface area contributed by atoms with Gasteiger partial charge in [0.2, 0.25) is 10.0 Å². The molecule has 0 unspecified atom stereocenters. The van der Waals surface area contributed by atoms with E-state index < -0.39 is 10.0 Å². The highest BCUT2D eigenvalue weighted by atomic mass is 32.2. The van der Waals surface area contributed by atoms with Crippen LogP contribution in [0.25, 0.3) is 6.08 Å². The van der Waals surface area contributed by atoms with E-state index in [1.54, 1.807) is 25.3 Å². The molecule has 2 aromatic rings. The van der Waals surface area contributed by atoms with Crippen molar-refractivity contribution in [2.45, 2.75) is 0 Å². The number of ether oxygens (including phenoxy) is 2. The lowest BCUT2D eigenvalue weighted by Crippen LogP contribution is -2.26. The summed E-state index contributed by atoms with van der Waals surface area (Å²) >= 11 is 0. The Balaban J connectivity index is 1.82. The molecule has 0 heterocycles. The van der Waals surface area contributed by atoms with E-state index in [2.05, 4.69) is 4.72 Å². The summed E-state index contributed by atoms with van der Waals surface area (Å²) in [6, 6.07) is 16.4. The summed E-state index contributed by atoms with van der Waals surface area (Å²) in [5.41, 5.74) is 0.822. The Morgan fingerprint density at radius 3 is 2.35 bits per heavy atom. The fourth-order valence-electron chi connectivity index (χ4n) is 1.86. The maximum Gasteiger partial charge on any atom is 0.233 e. The zero-order valence-electron chi connectivity index (χ0n) is 12.8. The van der Waals surface area contributed by atoms with Gasteiger partial charge in [-0.05, 0) is 23.8 Å². The van der Waals surface area contributed by atoms with Crippen LogP contribution in [-0.4, -0.2) is 28.7 Å². The smallest absolute Gasteiger partial charge is 0.233 e. The number of benzene rings is 2. The number of methoxy groups -OCH3 is 1. The number of hydrogen-bond acceptors (Lipinski definition) is 4. The van der Waals surface area contributed by atoms with Crippen molar-refractivity contribution in [2.75, 3.05) is 20.3 Å². The van der Waals surface area contributed by atoms with Crippen molar-refractivity contribution in [3.63, 3.8) is 0 Å². The van der Waals surface area contributed by atoms with Gasteiger partial charge in [-0.1, -0.05) is 42.5 Å². The molecule has 122 valence electrons. The van der Waals surface area contributed by atoms with Gasteiger partial charge in [-0.15, -0.1) is 0 Å². The van der Waals surface area contributed by atoms with Crippen LogP contribution in [-0.2, 0) is 10.0 Å². The summed E-state index contributed by atoms with van der Waals surface area (Å²) < 4.78 is 36.8. The first-order valence-corrected chi connectivity index (χ1v) is 8.64. The monoisotopic (exact) mass is 333 g/mol. The molecule has 0 radical (unpaired) electrons. The normalized spacial score (nSPS) is 11.5. The van der Waals surface area contributed by atoms with Crippen LogP contribution in [0.1, 0.15) is 5.56 Å². The minimum Gasteiger partial charge on any atom is -0.493 e. The third kappa shape index (κ3) is 5.77. The van der Waals surface area contributed by atoms with Gasteiger partial charge < -0.3 is 9.47 Å². The van der Waals surface area contributed by atoms with Crippen LogP contribution in [0, 0.1) is 0 Å². The number of nitrogens with one attached hydrogen (secondary N) is 1. The number of hydrogen-bond donors (Lipinski definition) is 1. The van der Waals surface area contributed by atoms with Gasteiger partial charge in [0.25, 0.3) is 0 Å². The second-order valence-corrected chi connectivity index (χ2v) is 6.30. The zero-order valence-corrected chi connectivity index (χ0v) is 13.6. The molecule has 0 aliphatic rings. The number of sulfonamides is 1. The number of para-hydroxylation sites is 2. The highest BCUT2D eigenvalue weighted by Crippen LogP contribution is 2.25. The topological polar surface area (TPSA) is 64.6 Å². The fraction of sp³-hybridized carbons (Fsp3) is 0.176. The molecule has 0 bridgehead atoms. The molecule has 2 aromatic carbocycles. The first-order valence-electron chi connectivity index (χ1n) is 7.09. The second kappa shape index (κ2) is 8.36.